The van der Waals surface area contributed by atoms with Gasteiger partial charge in [-0.2, -0.15) is 0 Å². The Labute approximate surface area is 291 Å². The first-order valence-corrected chi connectivity index (χ1v) is 18.4. The standard InChI is InChI=1S/C37H58N6O6/c1-3-5-7-9-10-11-13-15-21-40-35(47)31-26-41(22-23-43(31)32(44)16-14-12-8-6-4-2)36(48)27-17-19-28(20-18-27)37(49)42-24-29(33(38)45)30(25-42)34(39)46/h17-20,29-31H,3-16,21-26H2,1-2H3,(H2,38,45)(H2,39,46)(H,40,47)/t29-,30-,31?/m1/s1. The van der Waals surface area contributed by atoms with Gasteiger partial charge in [0.1, 0.15) is 6.04 Å². The molecule has 3 rings (SSSR count). The number of nitrogens with two attached hydrogens (primary N) is 2. The lowest BCUT2D eigenvalue weighted by Crippen LogP contribution is -2.61. The van der Waals surface area contributed by atoms with Crippen LogP contribution in [0.1, 0.15) is 124 Å². The van der Waals surface area contributed by atoms with Crippen LogP contribution in [-0.2, 0) is 19.2 Å². The number of carbonyl (C=O) groups is 6. The van der Waals surface area contributed by atoms with Gasteiger partial charge < -0.3 is 31.5 Å². The maximum absolute atomic E-state index is 13.6. The molecule has 3 atom stereocenters. The van der Waals surface area contributed by atoms with Crippen LogP contribution in [0.3, 0.4) is 0 Å². The number of nitrogens with one attached hydrogen (secondary N) is 1. The third kappa shape index (κ3) is 11.9. The van der Waals surface area contributed by atoms with Crippen LogP contribution < -0.4 is 16.8 Å². The number of rotatable bonds is 20. The summed E-state index contributed by atoms with van der Waals surface area (Å²) in [4.78, 5) is 81.8. The second kappa shape index (κ2) is 20.5. The Kier molecular flexibility index (Phi) is 16.5. The SMILES string of the molecule is CCCCCCCCCCNC(=O)C1CN(C(=O)c2ccc(C(=O)N3C[C@@H](C(N)=O)[C@H](C(N)=O)C3)cc2)CCN1C(=O)CCCCCCC. The molecule has 0 saturated carbocycles. The van der Waals surface area contributed by atoms with Crippen molar-refractivity contribution < 1.29 is 28.8 Å². The van der Waals surface area contributed by atoms with Gasteiger partial charge in [-0.3, -0.25) is 28.8 Å². The molecule has 272 valence electrons. The molecule has 0 bridgehead atoms. The Morgan fingerprint density at radius 2 is 1.10 bits per heavy atom. The largest absolute Gasteiger partial charge is 0.369 e. The molecule has 0 aromatic heterocycles. The van der Waals surface area contributed by atoms with Gasteiger partial charge in [-0.25, -0.2) is 0 Å². The molecule has 2 fully saturated rings. The highest BCUT2D eigenvalue weighted by Gasteiger charge is 2.42. The number of nitrogens with zero attached hydrogens (tertiary/aromatic N) is 3. The number of piperazine rings is 1. The first kappa shape index (κ1) is 39.5. The zero-order chi connectivity index (χ0) is 35.8. The van der Waals surface area contributed by atoms with Crippen LogP contribution in [0.25, 0.3) is 0 Å². The Morgan fingerprint density at radius 3 is 1.61 bits per heavy atom. The number of likely N-dealkylation sites (tertiary alicyclic amines) is 1. The highest BCUT2D eigenvalue weighted by molar-refractivity contribution is 5.99. The number of amides is 6. The van der Waals surface area contributed by atoms with Crippen LogP contribution in [-0.4, -0.2) is 95.5 Å². The van der Waals surface area contributed by atoms with E-state index in [0.717, 1.165) is 51.4 Å². The maximum atomic E-state index is 13.6. The first-order chi connectivity index (χ1) is 23.6. The van der Waals surface area contributed by atoms with Crippen molar-refractivity contribution in [2.75, 3.05) is 39.3 Å². The summed E-state index contributed by atoms with van der Waals surface area (Å²) in [6.45, 7) is 5.51. The lowest BCUT2D eigenvalue weighted by Gasteiger charge is -2.40. The quantitative estimate of drug-likeness (QED) is 0.177. The molecule has 1 aromatic rings. The Bertz CT molecular complexity index is 1250. The van der Waals surface area contributed by atoms with Crippen LogP contribution in [0.2, 0.25) is 0 Å². The van der Waals surface area contributed by atoms with Crippen LogP contribution >= 0.6 is 0 Å². The van der Waals surface area contributed by atoms with E-state index in [1.807, 2.05) is 0 Å². The van der Waals surface area contributed by atoms with Crippen molar-refractivity contribution in [2.45, 2.75) is 110 Å². The van der Waals surface area contributed by atoms with Gasteiger partial charge in [0.15, 0.2) is 0 Å². The molecule has 12 nitrogen and oxygen atoms in total. The van der Waals surface area contributed by atoms with Gasteiger partial charge in [-0.05, 0) is 37.1 Å². The molecule has 2 aliphatic rings. The number of benzene rings is 1. The minimum absolute atomic E-state index is 0.00725. The Balaban J connectivity index is 1.61. The molecule has 1 aromatic carbocycles. The molecule has 2 saturated heterocycles. The van der Waals surface area contributed by atoms with E-state index in [-0.39, 0.29) is 49.5 Å². The fourth-order valence-electron chi connectivity index (χ4n) is 6.77. The maximum Gasteiger partial charge on any atom is 0.253 e. The second-order valence-electron chi connectivity index (χ2n) is 13.6. The van der Waals surface area contributed by atoms with E-state index in [4.69, 9.17) is 11.5 Å². The van der Waals surface area contributed by atoms with Crippen molar-refractivity contribution in [1.82, 2.24) is 20.0 Å². The molecule has 1 unspecified atom stereocenters. The summed E-state index contributed by atoms with van der Waals surface area (Å²) < 4.78 is 0. The average molecular weight is 683 g/mol. The lowest BCUT2D eigenvalue weighted by atomic mass is 9.95. The molecule has 0 spiro atoms. The highest BCUT2D eigenvalue weighted by atomic mass is 16.2. The van der Waals surface area contributed by atoms with E-state index in [2.05, 4.69) is 19.2 Å². The predicted octanol–water partition coefficient (Wildman–Crippen LogP) is 3.62. The molecule has 0 aliphatic carbocycles. The zero-order valence-electron chi connectivity index (χ0n) is 29.6. The van der Waals surface area contributed by atoms with Gasteiger partial charge in [-0.15, -0.1) is 0 Å². The molecule has 2 heterocycles. The van der Waals surface area contributed by atoms with Gasteiger partial charge >= 0.3 is 0 Å². The Morgan fingerprint density at radius 1 is 0.633 bits per heavy atom. The van der Waals surface area contributed by atoms with Crippen molar-refractivity contribution in [3.8, 4) is 0 Å². The summed E-state index contributed by atoms with van der Waals surface area (Å²) in [5.74, 6) is -4.06. The van der Waals surface area contributed by atoms with Crippen LogP contribution in [0, 0.1) is 11.8 Å². The van der Waals surface area contributed by atoms with Gasteiger partial charge in [-0.1, -0.05) is 84.5 Å². The minimum atomic E-state index is -0.848. The smallest absolute Gasteiger partial charge is 0.253 e. The summed E-state index contributed by atoms with van der Waals surface area (Å²) in [7, 11) is 0. The number of carbonyl (C=O) groups excluding carboxylic acids is 6. The topological polar surface area (TPSA) is 176 Å². The molecule has 6 amide bonds. The van der Waals surface area contributed by atoms with Crippen molar-refractivity contribution in [2.24, 2.45) is 23.3 Å². The Hall–Kier alpha value is -3.96. The van der Waals surface area contributed by atoms with Crippen molar-refractivity contribution in [3.05, 3.63) is 35.4 Å². The average Bonchev–Trinajstić information content (AvgIpc) is 3.56. The minimum Gasteiger partial charge on any atom is -0.369 e. The first-order valence-electron chi connectivity index (χ1n) is 18.4. The number of hydrogen-bond acceptors (Lipinski definition) is 6. The molecule has 5 N–H and O–H groups in total. The number of unbranched alkanes of at least 4 members (excludes halogenated alkanes) is 11. The van der Waals surface area contributed by atoms with Gasteiger partial charge in [0, 0.05) is 50.3 Å². The molecule has 12 heteroatoms. The monoisotopic (exact) mass is 682 g/mol. The summed E-state index contributed by atoms with van der Waals surface area (Å²) in [5, 5.41) is 3.03. The zero-order valence-corrected chi connectivity index (χ0v) is 29.6. The molecule has 2 aliphatic heterocycles. The second-order valence-corrected chi connectivity index (χ2v) is 13.6. The van der Waals surface area contributed by atoms with Gasteiger partial charge in [0.2, 0.25) is 23.6 Å². The molecule has 0 radical (unpaired) electrons. The van der Waals surface area contributed by atoms with Crippen LogP contribution in [0.15, 0.2) is 24.3 Å². The van der Waals surface area contributed by atoms with Crippen molar-refractivity contribution in [1.29, 1.82) is 0 Å². The number of hydrogen-bond donors (Lipinski definition) is 3. The number of primary amides is 2. The molecular weight excluding hydrogens is 624 g/mol. The van der Waals surface area contributed by atoms with E-state index in [9.17, 15) is 28.8 Å². The lowest BCUT2D eigenvalue weighted by molar-refractivity contribution is -0.143. The third-order valence-corrected chi connectivity index (χ3v) is 9.83. The van der Waals surface area contributed by atoms with Crippen LogP contribution in [0.5, 0.6) is 0 Å². The fraction of sp³-hybridized carbons (Fsp3) is 0.676. The van der Waals surface area contributed by atoms with E-state index >= 15 is 0 Å². The van der Waals surface area contributed by atoms with Gasteiger partial charge in [0.25, 0.3) is 11.8 Å². The summed E-state index contributed by atoms with van der Waals surface area (Å²) >= 11 is 0. The fourth-order valence-corrected chi connectivity index (χ4v) is 6.77. The van der Waals surface area contributed by atoms with E-state index in [1.54, 1.807) is 21.9 Å². The summed E-state index contributed by atoms with van der Waals surface area (Å²) in [5.41, 5.74) is 11.5. The molecular formula is C37H58N6O6. The molecule has 49 heavy (non-hydrogen) atoms. The third-order valence-electron chi connectivity index (χ3n) is 9.83. The van der Waals surface area contributed by atoms with E-state index < -0.39 is 35.6 Å². The summed E-state index contributed by atoms with van der Waals surface area (Å²) in [6.07, 6.45) is 14.7. The van der Waals surface area contributed by atoms with Crippen molar-refractivity contribution >= 4 is 35.4 Å². The highest BCUT2D eigenvalue weighted by Crippen LogP contribution is 2.25. The van der Waals surface area contributed by atoms with Crippen molar-refractivity contribution in [3.63, 3.8) is 0 Å². The predicted molar refractivity (Wildman–Crippen MR) is 188 cm³/mol. The van der Waals surface area contributed by atoms with Gasteiger partial charge in [0.05, 0.1) is 18.4 Å². The normalized spacial score (nSPS) is 19.1. The van der Waals surface area contributed by atoms with Crippen LogP contribution in [0.4, 0.5) is 0 Å². The summed E-state index contributed by atoms with van der Waals surface area (Å²) in [6, 6.07) is 5.38. The van der Waals surface area contributed by atoms with E-state index in [0.29, 0.717) is 25.1 Å². The van der Waals surface area contributed by atoms with E-state index in [1.165, 1.54) is 49.1 Å².